The van der Waals surface area contributed by atoms with Gasteiger partial charge in [0.1, 0.15) is 0 Å². The summed E-state index contributed by atoms with van der Waals surface area (Å²) in [5, 5.41) is 7.51. The third kappa shape index (κ3) is 2.50. The van der Waals surface area contributed by atoms with Crippen molar-refractivity contribution >= 4 is 21.4 Å². The van der Waals surface area contributed by atoms with Crippen molar-refractivity contribution in [2.24, 2.45) is 5.41 Å². The maximum Gasteiger partial charge on any atom is 0.0538 e. The van der Waals surface area contributed by atoms with E-state index < -0.39 is 0 Å². The average molecular weight is 287 g/mol. The van der Waals surface area contributed by atoms with Gasteiger partial charge in [-0.05, 0) is 48.1 Å². The lowest BCUT2D eigenvalue weighted by molar-refractivity contribution is 0.149. The Morgan fingerprint density at radius 2 is 2.20 bits per heavy atom. The molecule has 1 aromatic heterocycles. The normalized spacial score (nSPS) is 26.4. The van der Waals surface area contributed by atoms with E-state index in [0.717, 1.165) is 32.2 Å². The van der Waals surface area contributed by atoms with E-state index in [9.17, 15) is 0 Å². The number of rotatable bonds is 5. The number of fused-ring (bicyclic) bond motifs is 1. The van der Waals surface area contributed by atoms with Crippen LogP contribution in [0.2, 0.25) is 0 Å². The highest BCUT2D eigenvalue weighted by atomic mass is 32.1. The van der Waals surface area contributed by atoms with Gasteiger partial charge in [0.2, 0.25) is 0 Å². The minimum atomic E-state index is 0.312. The van der Waals surface area contributed by atoms with Gasteiger partial charge in [0.15, 0.2) is 0 Å². The molecule has 4 rings (SSSR count). The van der Waals surface area contributed by atoms with Gasteiger partial charge in [0.25, 0.3) is 0 Å². The van der Waals surface area contributed by atoms with Crippen LogP contribution >= 0.6 is 11.3 Å². The number of hydrogen-bond acceptors (Lipinski definition) is 3. The van der Waals surface area contributed by atoms with Crippen LogP contribution in [0.4, 0.5) is 0 Å². The molecular formula is C17H21NOS. The van der Waals surface area contributed by atoms with Gasteiger partial charge in [0.05, 0.1) is 6.61 Å². The third-order valence-electron chi connectivity index (χ3n) is 4.65. The molecule has 1 N–H and O–H groups in total. The summed E-state index contributed by atoms with van der Waals surface area (Å²) in [6, 6.07) is 9.56. The molecule has 2 aromatic rings. The lowest BCUT2D eigenvalue weighted by Crippen LogP contribution is -2.37. The van der Waals surface area contributed by atoms with Gasteiger partial charge in [-0.25, -0.2) is 0 Å². The molecule has 0 bridgehead atoms. The summed E-state index contributed by atoms with van der Waals surface area (Å²) in [5.74, 6) is 0. The fourth-order valence-electron chi connectivity index (χ4n) is 3.21. The molecule has 20 heavy (non-hydrogen) atoms. The van der Waals surface area contributed by atoms with Crippen LogP contribution in [0.25, 0.3) is 10.1 Å². The molecule has 1 atom stereocenters. The Kier molecular flexibility index (Phi) is 3.29. The largest absolute Gasteiger partial charge is 0.381 e. The second kappa shape index (κ2) is 5.14. The van der Waals surface area contributed by atoms with Gasteiger partial charge >= 0.3 is 0 Å². The van der Waals surface area contributed by atoms with E-state index in [-0.39, 0.29) is 0 Å². The van der Waals surface area contributed by atoms with E-state index in [2.05, 4.69) is 35.0 Å². The zero-order valence-corrected chi connectivity index (χ0v) is 12.5. The lowest BCUT2D eigenvalue weighted by Gasteiger charge is -2.27. The average Bonchev–Trinajstić information content (AvgIpc) is 3.07. The van der Waals surface area contributed by atoms with E-state index >= 15 is 0 Å². The Morgan fingerprint density at radius 3 is 3.00 bits per heavy atom. The zero-order chi connectivity index (χ0) is 13.4. The Morgan fingerprint density at radius 1 is 1.30 bits per heavy atom. The summed E-state index contributed by atoms with van der Waals surface area (Å²) in [7, 11) is 0. The van der Waals surface area contributed by atoms with E-state index in [0.29, 0.717) is 5.41 Å². The number of hydrogen-bond donors (Lipinski definition) is 1. The van der Waals surface area contributed by atoms with Gasteiger partial charge < -0.3 is 10.1 Å². The topological polar surface area (TPSA) is 21.3 Å². The molecule has 2 aliphatic rings. The first-order valence-corrected chi connectivity index (χ1v) is 8.49. The second-order valence-corrected chi connectivity index (χ2v) is 7.30. The van der Waals surface area contributed by atoms with Crippen LogP contribution in [-0.2, 0) is 11.2 Å². The van der Waals surface area contributed by atoms with Crippen molar-refractivity contribution in [1.29, 1.82) is 0 Å². The van der Waals surface area contributed by atoms with Gasteiger partial charge in [0, 0.05) is 29.3 Å². The summed E-state index contributed by atoms with van der Waals surface area (Å²) < 4.78 is 7.15. The standard InChI is InChI=1S/C17H21NOS/c1-2-4-16-15(3-1)13(10-20-16)9-17(7-8-19-12-17)11-18-14-5-6-14/h1-4,10,14,18H,5-9,11-12H2. The molecule has 1 saturated carbocycles. The quantitative estimate of drug-likeness (QED) is 0.907. The highest BCUT2D eigenvalue weighted by molar-refractivity contribution is 7.17. The molecule has 0 amide bonds. The van der Waals surface area contributed by atoms with Gasteiger partial charge in [-0.1, -0.05) is 18.2 Å². The van der Waals surface area contributed by atoms with E-state index in [4.69, 9.17) is 4.74 Å². The van der Waals surface area contributed by atoms with E-state index in [1.807, 2.05) is 11.3 Å². The first-order valence-electron chi connectivity index (χ1n) is 7.61. The van der Waals surface area contributed by atoms with Gasteiger partial charge in [-0.15, -0.1) is 11.3 Å². The molecule has 1 unspecified atom stereocenters. The molecule has 3 heteroatoms. The number of thiophene rings is 1. The van der Waals surface area contributed by atoms with Gasteiger partial charge in [-0.3, -0.25) is 0 Å². The van der Waals surface area contributed by atoms with Crippen LogP contribution < -0.4 is 5.32 Å². The molecule has 1 aliphatic carbocycles. The SMILES string of the molecule is c1ccc2c(CC3(CNC4CC4)CCOC3)csc2c1. The minimum absolute atomic E-state index is 0.312. The number of benzene rings is 1. The summed E-state index contributed by atoms with van der Waals surface area (Å²) in [6.45, 7) is 2.95. The molecule has 2 nitrogen and oxygen atoms in total. The maximum atomic E-state index is 5.74. The monoisotopic (exact) mass is 287 g/mol. The zero-order valence-electron chi connectivity index (χ0n) is 11.7. The first kappa shape index (κ1) is 12.8. The summed E-state index contributed by atoms with van der Waals surface area (Å²) in [6.07, 6.45) is 5.06. The highest BCUT2D eigenvalue weighted by Gasteiger charge is 2.37. The minimum Gasteiger partial charge on any atom is -0.381 e. The molecule has 0 spiro atoms. The lowest BCUT2D eigenvalue weighted by atomic mass is 9.80. The fraction of sp³-hybridized carbons (Fsp3) is 0.529. The predicted molar refractivity (Wildman–Crippen MR) is 84.4 cm³/mol. The molecule has 2 heterocycles. The fourth-order valence-corrected chi connectivity index (χ4v) is 4.18. The molecule has 2 fully saturated rings. The summed E-state index contributed by atoms with van der Waals surface area (Å²) >= 11 is 1.87. The number of ether oxygens (including phenoxy) is 1. The van der Waals surface area contributed by atoms with Crippen LogP contribution in [0.1, 0.15) is 24.8 Å². The van der Waals surface area contributed by atoms with Crippen LogP contribution in [0.15, 0.2) is 29.6 Å². The second-order valence-electron chi connectivity index (χ2n) is 6.39. The summed E-state index contributed by atoms with van der Waals surface area (Å²) in [5.41, 5.74) is 1.82. The van der Waals surface area contributed by atoms with Crippen LogP contribution in [0.3, 0.4) is 0 Å². The number of nitrogens with one attached hydrogen (secondary N) is 1. The van der Waals surface area contributed by atoms with E-state index in [1.54, 1.807) is 0 Å². The van der Waals surface area contributed by atoms with Crippen LogP contribution in [0.5, 0.6) is 0 Å². The third-order valence-corrected chi connectivity index (χ3v) is 5.67. The smallest absolute Gasteiger partial charge is 0.0538 e. The van der Waals surface area contributed by atoms with Crippen LogP contribution in [-0.4, -0.2) is 25.8 Å². The molecule has 1 saturated heterocycles. The Hall–Kier alpha value is -0.900. The van der Waals surface area contributed by atoms with Crippen molar-refractivity contribution in [2.75, 3.05) is 19.8 Å². The van der Waals surface area contributed by atoms with Crippen molar-refractivity contribution in [3.05, 3.63) is 35.2 Å². The maximum absolute atomic E-state index is 5.74. The van der Waals surface area contributed by atoms with Crippen molar-refractivity contribution in [2.45, 2.75) is 31.7 Å². The Labute approximate surface area is 124 Å². The first-order chi connectivity index (χ1) is 9.85. The van der Waals surface area contributed by atoms with Crippen LogP contribution in [0, 0.1) is 5.41 Å². The molecule has 0 radical (unpaired) electrons. The molecule has 106 valence electrons. The van der Waals surface area contributed by atoms with Crippen molar-refractivity contribution in [3.8, 4) is 0 Å². The highest BCUT2D eigenvalue weighted by Crippen LogP contribution is 2.37. The van der Waals surface area contributed by atoms with Gasteiger partial charge in [-0.2, -0.15) is 0 Å². The van der Waals surface area contributed by atoms with Crippen molar-refractivity contribution in [1.82, 2.24) is 5.32 Å². The summed E-state index contributed by atoms with van der Waals surface area (Å²) in [4.78, 5) is 0. The van der Waals surface area contributed by atoms with Crippen molar-refractivity contribution in [3.63, 3.8) is 0 Å². The molecule has 1 aromatic carbocycles. The van der Waals surface area contributed by atoms with Crippen molar-refractivity contribution < 1.29 is 4.74 Å². The molecule has 1 aliphatic heterocycles. The Balaban J connectivity index is 1.57. The molecular weight excluding hydrogens is 266 g/mol. The predicted octanol–water partition coefficient (Wildman–Crippen LogP) is 3.60. The Bertz CT molecular complexity index is 596. The van der Waals surface area contributed by atoms with E-state index in [1.165, 1.54) is 34.9 Å².